The molecule has 0 spiro atoms. The number of hydrogen-bond donors (Lipinski definition) is 1. The minimum Gasteiger partial charge on any atom is -0.480 e. The van der Waals surface area contributed by atoms with Crippen molar-refractivity contribution in [3.63, 3.8) is 0 Å². The first-order valence-electron chi connectivity index (χ1n) is 10.3. The van der Waals surface area contributed by atoms with Crippen molar-refractivity contribution < 1.29 is 14.6 Å². The molecule has 2 heterocycles. The zero-order valence-electron chi connectivity index (χ0n) is 17.0. The number of likely N-dealkylation sites (N-methyl/N-ethyl adjacent to an activating group) is 1. The maximum Gasteiger partial charge on any atom is 0.323 e. The Labute approximate surface area is 167 Å². The number of aromatic nitrogens is 1. The quantitative estimate of drug-likeness (QED) is 0.664. The van der Waals surface area contributed by atoms with Gasteiger partial charge in [-0.2, -0.15) is 0 Å². The maximum absolute atomic E-state index is 11.1. The summed E-state index contributed by atoms with van der Waals surface area (Å²) in [4.78, 5) is 19.9. The molecule has 3 rings (SSSR count). The number of fused-ring (bicyclic) bond motifs is 1. The molecule has 1 aliphatic rings. The number of carbonyl (C=O) groups is 1. The van der Waals surface area contributed by atoms with Gasteiger partial charge in [0.05, 0.1) is 18.7 Å². The predicted octanol–water partition coefficient (Wildman–Crippen LogP) is 3.72. The smallest absolute Gasteiger partial charge is 0.323 e. The summed E-state index contributed by atoms with van der Waals surface area (Å²) in [5.41, 5.74) is 3.37. The molecule has 0 amide bonds. The van der Waals surface area contributed by atoms with Crippen molar-refractivity contribution in [1.82, 2.24) is 4.98 Å². The number of carboxylic acids is 1. The zero-order chi connectivity index (χ0) is 19.9. The average molecular weight is 386 g/mol. The molecule has 0 radical (unpaired) electrons. The highest BCUT2D eigenvalue weighted by Gasteiger charge is 2.18. The van der Waals surface area contributed by atoms with Crippen LogP contribution in [0.25, 0.3) is 10.9 Å². The number of morpholine rings is 1. The van der Waals surface area contributed by atoms with Crippen LogP contribution in [0.3, 0.4) is 0 Å². The second kappa shape index (κ2) is 9.73. The third-order valence-corrected chi connectivity index (χ3v) is 5.27. The molecule has 1 aromatic carbocycles. The monoisotopic (exact) mass is 385 g/mol. The van der Waals surface area contributed by atoms with Gasteiger partial charge in [0.1, 0.15) is 12.4 Å². The summed E-state index contributed by atoms with van der Waals surface area (Å²) in [7, 11) is 1.77. The molecule has 1 saturated heterocycles. The summed E-state index contributed by atoms with van der Waals surface area (Å²) >= 11 is 0. The molecule has 6 nitrogen and oxygen atoms in total. The number of aryl methyl sites for hydroxylation is 1. The van der Waals surface area contributed by atoms with Gasteiger partial charge in [-0.15, -0.1) is 0 Å². The van der Waals surface area contributed by atoms with Crippen LogP contribution < -0.4 is 9.80 Å². The fourth-order valence-electron chi connectivity index (χ4n) is 3.70. The van der Waals surface area contributed by atoms with Gasteiger partial charge in [0.2, 0.25) is 0 Å². The Morgan fingerprint density at radius 3 is 2.71 bits per heavy atom. The van der Waals surface area contributed by atoms with Gasteiger partial charge in [-0.3, -0.25) is 4.79 Å². The Morgan fingerprint density at radius 1 is 1.21 bits per heavy atom. The number of benzene rings is 1. The van der Waals surface area contributed by atoms with Crippen LogP contribution >= 0.6 is 0 Å². The van der Waals surface area contributed by atoms with Crippen molar-refractivity contribution in [2.45, 2.75) is 39.0 Å². The molecule has 0 atom stereocenters. The lowest BCUT2D eigenvalue weighted by Crippen LogP contribution is -2.36. The Hall–Kier alpha value is -2.34. The van der Waals surface area contributed by atoms with Crippen molar-refractivity contribution in [2.75, 3.05) is 49.7 Å². The second-order valence-electron chi connectivity index (χ2n) is 7.51. The largest absolute Gasteiger partial charge is 0.480 e. The number of pyridine rings is 1. The lowest BCUT2D eigenvalue weighted by molar-refractivity contribution is -0.135. The van der Waals surface area contributed by atoms with Crippen LogP contribution in [0.5, 0.6) is 0 Å². The third-order valence-electron chi connectivity index (χ3n) is 5.27. The maximum atomic E-state index is 11.1. The number of carboxylic acid groups (broad SMARTS) is 1. The number of unbranched alkanes of at least 4 members (excludes halogenated alkanes) is 3. The van der Waals surface area contributed by atoms with Gasteiger partial charge in [-0.05, 0) is 30.5 Å². The Balaban J connectivity index is 1.94. The van der Waals surface area contributed by atoms with Gasteiger partial charge < -0.3 is 19.6 Å². The Morgan fingerprint density at radius 2 is 2.00 bits per heavy atom. The van der Waals surface area contributed by atoms with Crippen LogP contribution in [0.4, 0.5) is 11.5 Å². The van der Waals surface area contributed by atoms with E-state index in [9.17, 15) is 4.79 Å². The van der Waals surface area contributed by atoms with Gasteiger partial charge in [0.15, 0.2) is 0 Å². The lowest BCUT2D eigenvalue weighted by Gasteiger charge is -2.31. The molecule has 0 bridgehead atoms. The van der Waals surface area contributed by atoms with Gasteiger partial charge in [-0.25, -0.2) is 4.98 Å². The number of ether oxygens (including phenoxy) is 1. The van der Waals surface area contributed by atoms with E-state index in [-0.39, 0.29) is 6.54 Å². The highest BCUT2D eigenvalue weighted by Crippen LogP contribution is 2.31. The first kappa shape index (κ1) is 20.4. The topological polar surface area (TPSA) is 65.9 Å². The summed E-state index contributed by atoms with van der Waals surface area (Å²) in [6.07, 6.45) is 6.09. The SMILES string of the molecule is CCCCCCc1ccc2nc(N(C)CC(=O)O)cc(N3CCOCC3)c2c1. The normalized spacial score (nSPS) is 14.4. The van der Waals surface area contributed by atoms with E-state index < -0.39 is 5.97 Å². The van der Waals surface area contributed by atoms with E-state index >= 15 is 0 Å². The van der Waals surface area contributed by atoms with Crippen molar-refractivity contribution in [3.8, 4) is 0 Å². The van der Waals surface area contributed by atoms with Crippen LogP contribution in [0, 0.1) is 0 Å². The molecular formula is C22H31N3O3. The molecule has 0 unspecified atom stereocenters. The molecule has 2 aromatic rings. The molecule has 6 heteroatoms. The summed E-state index contributed by atoms with van der Waals surface area (Å²) in [5, 5.41) is 10.3. The highest BCUT2D eigenvalue weighted by molar-refractivity contribution is 5.94. The van der Waals surface area contributed by atoms with Crippen LogP contribution in [0.2, 0.25) is 0 Å². The van der Waals surface area contributed by atoms with E-state index in [1.807, 2.05) is 6.07 Å². The van der Waals surface area contributed by atoms with Crippen LogP contribution in [-0.4, -0.2) is 56.0 Å². The third kappa shape index (κ3) is 5.13. The number of nitrogens with zero attached hydrogens (tertiary/aromatic N) is 3. The Bertz CT molecular complexity index is 803. The van der Waals surface area contributed by atoms with Crippen molar-refractivity contribution in [3.05, 3.63) is 29.8 Å². The fourth-order valence-corrected chi connectivity index (χ4v) is 3.70. The number of hydrogen-bond acceptors (Lipinski definition) is 5. The minimum atomic E-state index is -0.861. The first-order valence-corrected chi connectivity index (χ1v) is 10.3. The van der Waals surface area contributed by atoms with E-state index in [0.717, 1.165) is 36.1 Å². The molecule has 1 N–H and O–H groups in total. The summed E-state index contributed by atoms with van der Waals surface area (Å²) < 4.78 is 5.52. The van der Waals surface area contributed by atoms with E-state index in [4.69, 9.17) is 14.8 Å². The van der Waals surface area contributed by atoms with Gasteiger partial charge in [0.25, 0.3) is 0 Å². The summed E-state index contributed by atoms with van der Waals surface area (Å²) in [6.45, 7) is 5.25. The lowest BCUT2D eigenvalue weighted by atomic mass is 10.0. The zero-order valence-corrected chi connectivity index (χ0v) is 17.0. The van der Waals surface area contributed by atoms with Crippen LogP contribution in [0.1, 0.15) is 38.2 Å². The van der Waals surface area contributed by atoms with E-state index in [1.54, 1.807) is 11.9 Å². The van der Waals surface area contributed by atoms with Gasteiger partial charge in [0, 0.05) is 37.3 Å². The standard InChI is InChI=1S/C22H31N3O3/c1-3-4-5-6-7-17-8-9-19-18(14-17)20(25-10-12-28-13-11-25)15-21(23-19)24(2)16-22(26)27/h8-9,14-15H,3-7,10-13,16H2,1-2H3,(H,26,27). The highest BCUT2D eigenvalue weighted by atomic mass is 16.5. The van der Waals surface area contributed by atoms with Gasteiger partial charge >= 0.3 is 5.97 Å². The van der Waals surface area contributed by atoms with Crippen LogP contribution in [0.15, 0.2) is 24.3 Å². The van der Waals surface area contributed by atoms with Gasteiger partial charge in [-0.1, -0.05) is 32.3 Å². The number of anilines is 2. The minimum absolute atomic E-state index is 0.0728. The Kier molecular flexibility index (Phi) is 7.09. The van der Waals surface area contributed by atoms with Crippen molar-refractivity contribution >= 4 is 28.4 Å². The molecular weight excluding hydrogens is 354 g/mol. The van der Waals surface area contributed by atoms with Crippen molar-refractivity contribution in [2.24, 2.45) is 0 Å². The summed E-state index contributed by atoms with van der Waals surface area (Å²) in [5.74, 6) is -0.174. The molecule has 0 saturated carbocycles. The van der Waals surface area contributed by atoms with E-state index in [2.05, 4.69) is 30.0 Å². The molecule has 1 fully saturated rings. The molecule has 1 aliphatic heterocycles. The van der Waals surface area contributed by atoms with Crippen molar-refractivity contribution in [1.29, 1.82) is 0 Å². The molecule has 152 valence electrons. The number of aliphatic carboxylic acids is 1. The summed E-state index contributed by atoms with van der Waals surface area (Å²) in [6, 6.07) is 8.52. The fraction of sp³-hybridized carbons (Fsp3) is 0.545. The number of rotatable bonds is 9. The predicted molar refractivity (Wildman–Crippen MR) is 114 cm³/mol. The first-order chi connectivity index (χ1) is 13.6. The van der Waals surface area contributed by atoms with Crippen LogP contribution in [-0.2, 0) is 16.0 Å². The van der Waals surface area contributed by atoms with E-state index in [0.29, 0.717) is 19.0 Å². The molecule has 1 aromatic heterocycles. The van der Waals surface area contributed by atoms with E-state index in [1.165, 1.54) is 31.2 Å². The average Bonchev–Trinajstić information content (AvgIpc) is 2.70. The molecule has 0 aliphatic carbocycles. The second-order valence-corrected chi connectivity index (χ2v) is 7.51. The molecule has 28 heavy (non-hydrogen) atoms.